The average Bonchev–Trinajstić information content (AvgIpc) is 2.45. The van der Waals surface area contributed by atoms with Crippen molar-refractivity contribution in [3.8, 4) is 0 Å². The van der Waals surface area contributed by atoms with Crippen molar-refractivity contribution in [2.45, 2.75) is 52.5 Å². The van der Waals surface area contributed by atoms with Crippen LogP contribution in [0.5, 0.6) is 0 Å². The molecule has 0 spiro atoms. The lowest BCUT2D eigenvalue weighted by atomic mass is 10.0. The molecule has 0 aromatic heterocycles. The standard InChI is InChI=1S/C16H28N2O/c1-4-7-8-14(5-2)13-18-11-9-15(10-12-18)17-16(19)6-3/h4,7-8,15H,5-6,9-13H2,1-3H3,(H,17,19)/b7-4-,14-8+. The summed E-state index contributed by atoms with van der Waals surface area (Å²) in [6.07, 6.45) is 10.3. The zero-order chi connectivity index (χ0) is 14.1. The van der Waals surface area contributed by atoms with Crippen LogP contribution < -0.4 is 5.32 Å². The van der Waals surface area contributed by atoms with Gasteiger partial charge in [0.1, 0.15) is 0 Å². The van der Waals surface area contributed by atoms with E-state index in [0.717, 1.165) is 38.9 Å². The molecule has 1 N–H and O–H groups in total. The fourth-order valence-electron chi connectivity index (χ4n) is 2.37. The highest BCUT2D eigenvalue weighted by molar-refractivity contribution is 5.75. The van der Waals surface area contributed by atoms with Gasteiger partial charge in [0.2, 0.25) is 5.91 Å². The normalized spacial score (nSPS) is 19.0. The highest BCUT2D eigenvalue weighted by atomic mass is 16.1. The summed E-state index contributed by atoms with van der Waals surface area (Å²) in [5, 5.41) is 3.10. The van der Waals surface area contributed by atoms with Gasteiger partial charge in [-0.3, -0.25) is 9.69 Å². The number of nitrogens with zero attached hydrogens (tertiary/aromatic N) is 1. The number of rotatable bonds is 6. The van der Waals surface area contributed by atoms with Crippen molar-refractivity contribution in [1.82, 2.24) is 10.2 Å². The van der Waals surface area contributed by atoms with E-state index in [4.69, 9.17) is 0 Å². The Balaban J connectivity index is 2.35. The Morgan fingerprint density at radius 2 is 1.95 bits per heavy atom. The second-order valence-electron chi connectivity index (χ2n) is 5.18. The number of piperidine rings is 1. The van der Waals surface area contributed by atoms with E-state index in [1.54, 1.807) is 0 Å². The van der Waals surface area contributed by atoms with E-state index in [1.165, 1.54) is 5.57 Å². The third-order valence-electron chi connectivity index (χ3n) is 3.68. The molecule has 0 unspecified atom stereocenters. The first-order valence-corrected chi connectivity index (χ1v) is 7.52. The highest BCUT2D eigenvalue weighted by Crippen LogP contribution is 2.13. The molecule has 1 fully saturated rings. The molecule has 0 aliphatic carbocycles. The first-order valence-electron chi connectivity index (χ1n) is 7.52. The summed E-state index contributed by atoms with van der Waals surface area (Å²) in [4.78, 5) is 13.9. The number of hydrogen-bond donors (Lipinski definition) is 1. The summed E-state index contributed by atoms with van der Waals surface area (Å²) in [7, 11) is 0. The molecule has 3 nitrogen and oxygen atoms in total. The van der Waals surface area contributed by atoms with Crippen molar-refractivity contribution in [3.63, 3.8) is 0 Å². The Hall–Kier alpha value is -1.09. The van der Waals surface area contributed by atoms with Crippen molar-refractivity contribution in [1.29, 1.82) is 0 Å². The lowest BCUT2D eigenvalue weighted by molar-refractivity contribution is -0.121. The molecule has 0 saturated carbocycles. The molecule has 0 bridgehead atoms. The van der Waals surface area contributed by atoms with Crippen molar-refractivity contribution in [2.75, 3.05) is 19.6 Å². The van der Waals surface area contributed by atoms with Gasteiger partial charge in [0, 0.05) is 32.1 Å². The van der Waals surface area contributed by atoms with Crippen LogP contribution >= 0.6 is 0 Å². The van der Waals surface area contributed by atoms with Gasteiger partial charge in [0.25, 0.3) is 0 Å². The van der Waals surface area contributed by atoms with E-state index in [2.05, 4.69) is 35.4 Å². The van der Waals surface area contributed by atoms with E-state index >= 15 is 0 Å². The number of carbonyl (C=O) groups excluding carboxylic acids is 1. The third kappa shape index (κ3) is 6.06. The van der Waals surface area contributed by atoms with Gasteiger partial charge in [-0.05, 0) is 26.2 Å². The monoisotopic (exact) mass is 264 g/mol. The average molecular weight is 264 g/mol. The molecule has 0 atom stereocenters. The fourth-order valence-corrected chi connectivity index (χ4v) is 2.37. The van der Waals surface area contributed by atoms with Crippen molar-refractivity contribution >= 4 is 5.91 Å². The SMILES string of the molecule is C/C=C\C=C(/CC)CN1CCC(NC(=O)CC)CC1. The quantitative estimate of drug-likeness (QED) is 0.748. The van der Waals surface area contributed by atoms with Crippen LogP contribution in [0.25, 0.3) is 0 Å². The van der Waals surface area contributed by atoms with Crippen LogP contribution in [-0.2, 0) is 4.79 Å². The molecule has 0 radical (unpaired) electrons. The van der Waals surface area contributed by atoms with Crippen LogP contribution in [0.4, 0.5) is 0 Å². The number of carbonyl (C=O) groups is 1. The molecule has 0 aromatic carbocycles. The second kappa shape index (κ2) is 8.92. The van der Waals surface area contributed by atoms with E-state index in [9.17, 15) is 4.79 Å². The predicted octanol–water partition coefficient (Wildman–Crippen LogP) is 2.89. The summed E-state index contributed by atoms with van der Waals surface area (Å²) in [6.45, 7) is 9.40. The van der Waals surface area contributed by atoms with Crippen LogP contribution in [0, 0.1) is 0 Å². The lowest BCUT2D eigenvalue weighted by Crippen LogP contribution is -2.44. The zero-order valence-electron chi connectivity index (χ0n) is 12.6. The lowest BCUT2D eigenvalue weighted by Gasteiger charge is -2.32. The van der Waals surface area contributed by atoms with Gasteiger partial charge < -0.3 is 5.32 Å². The number of likely N-dealkylation sites (tertiary alicyclic amines) is 1. The first kappa shape index (κ1) is 16.0. The minimum atomic E-state index is 0.181. The molecular formula is C16H28N2O. The molecule has 108 valence electrons. The van der Waals surface area contributed by atoms with Crippen LogP contribution in [0.3, 0.4) is 0 Å². The summed E-state index contributed by atoms with van der Waals surface area (Å²) < 4.78 is 0. The van der Waals surface area contributed by atoms with Crippen molar-refractivity contribution in [2.24, 2.45) is 0 Å². The molecule has 3 heteroatoms. The molecule has 19 heavy (non-hydrogen) atoms. The van der Waals surface area contributed by atoms with Gasteiger partial charge in [-0.2, -0.15) is 0 Å². The van der Waals surface area contributed by atoms with Crippen molar-refractivity contribution < 1.29 is 4.79 Å². The summed E-state index contributed by atoms with van der Waals surface area (Å²) >= 11 is 0. The zero-order valence-corrected chi connectivity index (χ0v) is 12.6. The van der Waals surface area contributed by atoms with Gasteiger partial charge >= 0.3 is 0 Å². The largest absolute Gasteiger partial charge is 0.353 e. The molecule has 1 aliphatic rings. The van der Waals surface area contributed by atoms with Gasteiger partial charge in [0.05, 0.1) is 0 Å². The van der Waals surface area contributed by atoms with E-state index in [0.29, 0.717) is 12.5 Å². The maximum absolute atomic E-state index is 11.4. The summed E-state index contributed by atoms with van der Waals surface area (Å²) in [5.41, 5.74) is 1.48. The van der Waals surface area contributed by atoms with Crippen LogP contribution in [0.15, 0.2) is 23.8 Å². The Morgan fingerprint density at radius 3 is 2.47 bits per heavy atom. The third-order valence-corrected chi connectivity index (χ3v) is 3.68. The molecule has 1 aliphatic heterocycles. The van der Waals surface area contributed by atoms with E-state index < -0.39 is 0 Å². The van der Waals surface area contributed by atoms with Crippen LogP contribution in [0.1, 0.15) is 46.5 Å². The molecule has 1 heterocycles. The maximum atomic E-state index is 11.4. The molecule has 1 amide bonds. The highest BCUT2D eigenvalue weighted by Gasteiger charge is 2.20. The minimum absolute atomic E-state index is 0.181. The Morgan fingerprint density at radius 1 is 1.26 bits per heavy atom. The summed E-state index contributed by atoms with van der Waals surface area (Å²) in [5.74, 6) is 0.181. The summed E-state index contributed by atoms with van der Waals surface area (Å²) in [6, 6.07) is 0.383. The number of hydrogen-bond acceptors (Lipinski definition) is 2. The van der Waals surface area contributed by atoms with E-state index in [-0.39, 0.29) is 5.91 Å². The van der Waals surface area contributed by atoms with Crippen LogP contribution in [0.2, 0.25) is 0 Å². The molecular weight excluding hydrogens is 236 g/mol. The van der Waals surface area contributed by atoms with Gasteiger partial charge in [-0.25, -0.2) is 0 Å². The number of amides is 1. The maximum Gasteiger partial charge on any atom is 0.219 e. The minimum Gasteiger partial charge on any atom is -0.353 e. The van der Waals surface area contributed by atoms with Crippen LogP contribution in [-0.4, -0.2) is 36.5 Å². The first-order chi connectivity index (χ1) is 9.19. The predicted molar refractivity (Wildman–Crippen MR) is 81.1 cm³/mol. The van der Waals surface area contributed by atoms with Gasteiger partial charge in [-0.15, -0.1) is 0 Å². The smallest absolute Gasteiger partial charge is 0.219 e. The number of allylic oxidation sites excluding steroid dienone is 3. The van der Waals surface area contributed by atoms with Gasteiger partial charge in [0.15, 0.2) is 0 Å². The van der Waals surface area contributed by atoms with E-state index in [1.807, 2.05) is 13.8 Å². The molecule has 1 rings (SSSR count). The number of nitrogens with one attached hydrogen (secondary N) is 1. The molecule has 1 saturated heterocycles. The molecule has 0 aromatic rings. The Kier molecular flexibility index (Phi) is 7.49. The van der Waals surface area contributed by atoms with Crippen molar-refractivity contribution in [3.05, 3.63) is 23.8 Å². The fraction of sp³-hybridized carbons (Fsp3) is 0.688. The van der Waals surface area contributed by atoms with Gasteiger partial charge in [-0.1, -0.05) is 37.6 Å². The second-order valence-corrected chi connectivity index (χ2v) is 5.18. The topological polar surface area (TPSA) is 32.3 Å². The Bertz CT molecular complexity index is 326. The Labute approximate surface area is 117 Å².